The summed E-state index contributed by atoms with van der Waals surface area (Å²) in [5.74, 6) is 0. The Balaban J connectivity index is 1.81. The van der Waals surface area contributed by atoms with Gasteiger partial charge in [0.05, 0.1) is 0 Å². The first-order valence-corrected chi connectivity index (χ1v) is 4.88. The molecule has 0 aromatic rings. The zero-order chi connectivity index (χ0) is 8.55. The number of carbonyl (C=O) groups is 1. The molecule has 2 aliphatic rings. The van der Waals surface area contributed by atoms with E-state index in [1.807, 2.05) is 11.8 Å². The molecule has 0 unspecified atom stereocenters. The van der Waals surface area contributed by atoms with Gasteiger partial charge in [-0.1, -0.05) is 0 Å². The number of carbonyl (C=O) groups excluding carboxylic acids is 1. The van der Waals surface area contributed by atoms with Crippen molar-refractivity contribution < 1.29 is 4.79 Å². The van der Waals surface area contributed by atoms with Crippen LogP contribution in [-0.2, 0) is 0 Å². The molecular formula is C9H16N2O. The highest BCUT2D eigenvalue weighted by Crippen LogP contribution is 2.27. The minimum absolute atomic E-state index is 0.155. The van der Waals surface area contributed by atoms with Crippen molar-refractivity contribution in [3.63, 3.8) is 0 Å². The van der Waals surface area contributed by atoms with Crippen molar-refractivity contribution in [2.45, 2.75) is 44.7 Å². The van der Waals surface area contributed by atoms with Crippen LogP contribution in [0.4, 0.5) is 4.79 Å². The quantitative estimate of drug-likeness (QED) is 0.677. The molecule has 0 heterocycles. The van der Waals surface area contributed by atoms with E-state index in [4.69, 9.17) is 0 Å². The fourth-order valence-corrected chi connectivity index (χ4v) is 1.44. The molecule has 3 heteroatoms. The Morgan fingerprint density at radius 3 is 2.50 bits per heavy atom. The summed E-state index contributed by atoms with van der Waals surface area (Å²) in [5.41, 5.74) is 0. The van der Waals surface area contributed by atoms with E-state index in [2.05, 4.69) is 5.32 Å². The second kappa shape index (κ2) is 2.96. The van der Waals surface area contributed by atoms with Gasteiger partial charge in [0.15, 0.2) is 0 Å². The topological polar surface area (TPSA) is 32.3 Å². The summed E-state index contributed by atoms with van der Waals surface area (Å²) < 4.78 is 0. The number of nitrogens with one attached hydrogen (secondary N) is 1. The van der Waals surface area contributed by atoms with Crippen molar-refractivity contribution >= 4 is 6.03 Å². The van der Waals surface area contributed by atoms with Crippen LogP contribution < -0.4 is 5.32 Å². The average molecular weight is 168 g/mol. The molecule has 0 radical (unpaired) electrons. The van der Waals surface area contributed by atoms with Crippen LogP contribution in [0.1, 0.15) is 32.6 Å². The van der Waals surface area contributed by atoms with E-state index in [0.717, 1.165) is 6.54 Å². The molecule has 0 saturated heterocycles. The van der Waals surface area contributed by atoms with Gasteiger partial charge in [-0.3, -0.25) is 0 Å². The minimum Gasteiger partial charge on any atom is -0.335 e. The third-order valence-electron chi connectivity index (χ3n) is 2.49. The molecule has 2 saturated carbocycles. The molecule has 0 aromatic carbocycles. The van der Waals surface area contributed by atoms with Crippen LogP contribution in [0.15, 0.2) is 0 Å². The summed E-state index contributed by atoms with van der Waals surface area (Å²) in [4.78, 5) is 13.5. The molecule has 2 rings (SSSR count). The van der Waals surface area contributed by atoms with Crippen molar-refractivity contribution in [3.05, 3.63) is 0 Å². The van der Waals surface area contributed by atoms with Gasteiger partial charge in [-0.05, 0) is 32.6 Å². The van der Waals surface area contributed by atoms with Crippen molar-refractivity contribution in [1.29, 1.82) is 0 Å². The first-order chi connectivity index (χ1) is 5.81. The van der Waals surface area contributed by atoms with Gasteiger partial charge >= 0.3 is 6.03 Å². The maximum Gasteiger partial charge on any atom is 0.317 e. The molecule has 0 atom stereocenters. The van der Waals surface area contributed by atoms with Crippen LogP contribution in [0.3, 0.4) is 0 Å². The zero-order valence-corrected chi connectivity index (χ0v) is 7.55. The van der Waals surface area contributed by atoms with Gasteiger partial charge in [-0.25, -0.2) is 4.79 Å². The fraction of sp³-hybridized carbons (Fsp3) is 0.889. The summed E-state index contributed by atoms with van der Waals surface area (Å²) in [5, 5.41) is 3.01. The molecule has 0 aromatic heterocycles. The predicted octanol–water partition coefficient (Wildman–Crippen LogP) is 1.34. The first-order valence-electron chi connectivity index (χ1n) is 4.88. The smallest absolute Gasteiger partial charge is 0.317 e. The highest BCUT2D eigenvalue weighted by atomic mass is 16.2. The van der Waals surface area contributed by atoms with E-state index >= 15 is 0 Å². The van der Waals surface area contributed by atoms with Crippen molar-refractivity contribution in [2.24, 2.45) is 0 Å². The maximum atomic E-state index is 11.5. The number of hydrogen-bond donors (Lipinski definition) is 1. The number of hydrogen-bond acceptors (Lipinski definition) is 1. The lowest BCUT2D eigenvalue weighted by molar-refractivity contribution is 0.197. The highest BCUT2D eigenvalue weighted by Gasteiger charge is 2.33. The lowest BCUT2D eigenvalue weighted by Crippen LogP contribution is -2.42. The molecule has 2 aliphatic carbocycles. The second-order valence-corrected chi connectivity index (χ2v) is 3.74. The normalized spacial score (nSPS) is 22.1. The summed E-state index contributed by atoms with van der Waals surface area (Å²) in [6, 6.07) is 1.20. The van der Waals surface area contributed by atoms with Crippen molar-refractivity contribution in [3.8, 4) is 0 Å². The predicted molar refractivity (Wildman–Crippen MR) is 47.0 cm³/mol. The molecule has 0 aliphatic heterocycles. The fourth-order valence-electron chi connectivity index (χ4n) is 1.44. The Labute approximate surface area is 73.1 Å². The van der Waals surface area contributed by atoms with Gasteiger partial charge in [0.25, 0.3) is 0 Å². The molecule has 68 valence electrons. The lowest BCUT2D eigenvalue weighted by atomic mass is 10.5. The average Bonchev–Trinajstić information content (AvgIpc) is 2.80. The summed E-state index contributed by atoms with van der Waals surface area (Å²) >= 11 is 0. The van der Waals surface area contributed by atoms with Gasteiger partial charge in [0, 0.05) is 18.6 Å². The van der Waals surface area contributed by atoms with E-state index in [0.29, 0.717) is 12.1 Å². The van der Waals surface area contributed by atoms with E-state index < -0.39 is 0 Å². The molecule has 1 N–H and O–H groups in total. The summed E-state index contributed by atoms with van der Waals surface area (Å²) in [6.07, 6.45) is 4.75. The highest BCUT2D eigenvalue weighted by molar-refractivity contribution is 5.75. The molecule has 0 spiro atoms. The molecule has 12 heavy (non-hydrogen) atoms. The third kappa shape index (κ3) is 1.71. The van der Waals surface area contributed by atoms with Crippen LogP contribution in [0.5, 0.6) is 0 Å². The van der Waals surface area contributed by atoms with Gasteiger partial charge < -0.3 is 10.2 Å². The van der Waals surface area contributed by atoms with Crippen LogP contribution in [-0.4, -0.2) is 29.6 Å². The van der Waals surface area contributed by atoms with Crippen LogP contribution in [0.25, 0.3) is 0 Å². The monoisotopic (exact) mass is 168 g/mol. The number of amides is 2. The number of rotatable bonds is 3. The van der Waals surface area contributed by atoms with Crippen molar-refractivity contribution in [2.75, 3.05) is 6.54 Å². The Morgan fingerprint density at radius 2 is 2.08 bits per heavy atom. The minimum atomic E-state index is 0.155. The van der Waals surface area contributed by atoms with Crippen molar-refractivity contribution in [1.82, 2.24) is 10.2 Å². The largest absolute Gasteiger partial charge is 0.335 e. The Kier molecular flexibility index (Phi) is 1.95. The molecular weight excluding hydrogens is 152 g/mol. The molecule has 2 fully saturated rings. The van der Waals surface area contributed by atoms with Crippen LogP contribution in [0, 0.1) is 0 Å². The summed E-state index contributed by atoms with van der Waals surface area (Å²) in [7, 11) is 0. The number of urea groups is 1. The zero-order valence-electron chi connectivity index (χ0n) is 7.55. The Bertz CT molecular complexity index is 185. The summed E-state index contributed by atoms with van der Waals surface area (Å²) in [6.45, 7) is 2.90. The number of nitrogens with zero attached hydrogens (tertiary/aromatic N) is 1. The van der Waals surface area contributed by atoms with Gasteiger partial charge in [0.1, 0.15) is 0 Å². The van der Waals surface area contributed by atoms with Gasteiger partial charge in [-0.15, -0.1) is 0 Å². The third-order valence-corrected chi connectivity index (χ3v) is 2.49. The maximum absolute atomic E-state index is 11.5. The van der Waals surface area contributed by atoms with E-state index in [9.17, 15) is 4.79 Å². The second-order valence-electron chi connectivity index (χ2n) is 3.74. The van der Waals surface area contributed by atoms with Crippen LogP contribution >= 0.6 is 0 Å². The lowest BCUT2D eigenvalue weighted by Gasteiger charge is -2.20. The standard InChI is InChI=1S/C9H16N2O/c1-2-11(8-5-6-8)9(12)10-7-3-4-7/h7-8H,2-6H2,1H3,(H,10,12). The molecule has 3 nitrogen and oxygen atoms in total. The SMILES string of the molecule is CCN(C(=O)NC1CC1)C1CC1. The Hall–Kier alpha value is -0.730. The van der Waals surface area contributed by atoms with Crippen LogP contribution in [0.2, 0.25) is 0 Å². The Morgan fingerprint density at radius 1 is 1.42 bits per heavy atom. The molecule has 0 bridgehead atoms. The van der Waals surface area contributed by atoms with Gasteiger partial charge in [0.2, 0.25) is 0 Å². The molecule has 2 amide bonds. The van der Waals surface area contributed by atoms with E-state index in [-0.39, 0.29) is 6.03 Å². The first kappa shape index (κ1) is 7.90. The van der Waals surface area contributed by atoms with E-state index in [1.54, 1.807) is 0 Å². The van der Waals surface area contributed by atoms with Gasteiger partial charge in [-0.2, -0.15) is 0 Å². The van der Waals surface area contributed by atoms with E-state index in [1.165, 1.54) is 25.7 Å².